The van der Waals surface area contributed by atoms with E-state index in [0.29, 0.717) is 19.0 Å². The van der Waals surface area contributed by atoms with E-state index in [1.54, 1.807) is 4.90 Å². The molecule has 0 aliphatic carbocycles. The summed E-state index contributed by atoms with van der Waals surface area (Å²) in [5.74, 6) is -0.550. The standard InChI is InChI=1S/C10H19N3O3/c1-11-5-8-3-2-4-13(7-8)10(16)12-6-9(14)15/h8,11H,2-7H2,1H3,(H,12,16)(H,14,15). The van der Waals surface area contributed by atoms with Crippen molar-refractivity contribution in [2.24, 2.45) is 5.92 Å². The van der Waals surface area contributed by atoms with E-state index in [1.165, 1.54) is 0 Å². The van der Waals surface area contributed by atoms with E-state index in [2.05, 4.69) is 10.6 Å². The maximum absolute atomic E-state index is 11.6. The van der Waals surface area contributed by atoms with Crippen molar-refractivity contribution in [1.82, 2.24) is 15.5 Å². The molecule has 3 N–H and O–H groups in total. The lowest BCUT2D eigenvalue weighted by Gasteiger charge is -2.32. The number of carboxylic acid groups (broad SMARTS) is 1. The molecule has 1 atom stereocenters. The minimum Gasteiger partial charge on any atom is -0.480 e. The number of aliphatic carboxylic acids is 1. The van der Waals surface area contributed by atoms with E-state index in [9.17, 15) is 9.59 Å². The van der Waals surface area contributed by atoms with Crippen molar-refractivity contribution in [3.63, 3.8) is 0 Å². The fourth-order valence-electron chi connectivity index (χ4n) is 1.97. The molecule has 0 bridgehead atoms. The molecule has 0 radical (unpaired) electrons. The molecule has 92 valence electrons. The van der Waals surface area contributed by atoms with E-state index in [0.717, 1.165) is 19.4 Å². The van der Waals surface area contributed by atoms with E-state index in [-0.39, 0.29) is 12.6 Å². The summed E-state index contributed by atoms with van der Waals surface area (Å²) in [6, 6.07) is -0.275. The normalized spacial score (nSPS) is 20.6. The SMILES string of the molecule is CNCC1CCCN(C(=O)NCC(=O)O)C1. The number of carboxylic acids is 1. The van der Waals surface area contributed by atoms with E-state index in [1.807, 2.05) is 7.05 Å². The quantitative estimate of drug-likeness (QED) is 0.619. The molecule has 1 aliphatic rings. The van der Waals surface area contributed by atoms with Crippen LogP contribution < -0.4 is 10.6 Å². The predicted octanol–water partition coefficient (Wildman–Crippen LogP) is -0.288. The Labute approximate surface area is 95.0 Å². The molecule has 16 heavy (non-hydrogen) atoms. The molecule has 0 saturated carbocycles. The largest absolute Gasteiger partial charge is 0.480 e. The van der Waals surface area contributed by atoms with Gasteiger partial charge in [-0.25, -0.2) is 4.79 Å². The van der Waals surface area contributed by atoms with E-state index >= 15 is 0 Å². The number of carbonyl (C=O) groups excluding carboxylic acids is 1. The smallest absolute Gasteiger partial charge is 0.323 e. The van der Waals surface area contributed by atoms with Crippen LogP contribution in [0.1, 0.15) is 12.8 Å². The second-order valence-electron chi connectivity index (χ2n) is 4.06. The van der Waals surface area contributed by atoms with Crippen LogP contribution in [0.15, 0.2) is 0 Å². The first-order valence-electron chi connectivity index (χ1n) is 5.52. The molecule has 1 saturated heterocycles. The highest BCUT2D eigenvalue weighted by Crippen LogP contribution is 2.15. The average molecular weight is 229 g/mol. The molecule has 1 heterocycles. The molecule has 0 aromatic heterocycles. The minimum atomic E-state index is -1.02. The number of carbonyl (C=O) groups is 2. The summed E-state index contributed by atoms with van der Waals surface area (Å²) >= 11 is 0. The summed E-state index contributed by atoms with van der Waals surface area (Å²) in [6.45, 7) is 1.99. The molecule has 6 nitrogen and oxygen atoms in total. The van der Waals surface area contributed by atoms with Gasteiger partial charge < -0.3 is 20.6 Å². The van der Waals surface area contributed by atoms with Gasteiger partial charge in [-0.05, 0) is 32.4 Å². The maximum atomic E-state index is 11.6. The summed E-state index contributed by atoms with van der Waals surface area (Å²) in [6.07, 6.45) is 2.09. The van der Waals surface area contributed by atoms with Crippen LogP contribution in [0.5, 0.6) is 0 Å². The second-order valence-corrected chi connectivity index (χ2v) is 4.06. The molecule has 1 aliphatic heterocycles. The first-order valence-corrected chi connectivity index (χ1v) is 5.52. The Hall–Kier alpha value is -1.30. The summed E-state index contributed by atoms with van der Waals surface area (Å²) in [5, 5.41) is 13.9. The zero-order valence-corrected chi connectivity index (χ0v) is 9.53. The first-order chi connectivity index (χ1) is 7.63. The van der Waals surface area contributed by atoms with Crippen molar-refractivity contribution in [3.8, 4) is 0 Å². The number of urea groups is 1. The molecular weight excluding hydrogens is 210 g/mol. The van der Waals surface area contributed by atoms with Crippen molar-refractivity contribution >= 4 is 12.0 Å². The third kappa shape index (κ3) is 4.06. The molecular formula is C10H19N3O3. The summed E-state index contributed by atoms with van der Waals surface area (Å²) in [7, 11) is 1.89. The first kappa shape index (κ1) is 12.8. The van der Waals surface area contributed by atoms with Gasteiger partial charge in [0.1, 0.15) is 6.54 Å². The molecule has 6 heteroatoms. The molecule has 1 fully saturated rings. The Morgan fingerprint density at radius 1 is 1.50 bits per heavy atom. The highest BCUT2D eigenvalue weighted by atomic mass is 16.4. The number of rotatable bonds is 4. The van der Waals surface area contributed by atoms with Gasteiger partial charge in [0.2, 0.25) is 0 Å². The van der Waals surface area contributed by atoms with Gasteiger partial charge in [0, 0.05) is 13.1 Å². The molecule has 1 unspecified atom stereocenters. The van der Waals surface area contributed by atoms with Crippen LogP contribution in [0.25, 0.3) is 0 Å². The van der Waals surface area contributed by atoms with Gasteiger partial charge in [-0.2, -0.15) is 0 Å². The number of hydrogen-bond donors (Lipinski definition) is 3. The van der Waals surface area contributed by atoms with Crippen LogP contribution in [0.2, 0.25) is 0 Å². The molecule has 0 aromatic carbocycles. The van der Waals surface area contributed by atoms with Gasteiger partial charge in [-0.3, -0.25) is 4.79 Å². The van der Waals surface area contributed by atoms with Crippen LogP contribution in [0.4, 0.5) is 4.79 Å². The number of amides is 2. The molecule has 0 spiro atoms. The average Bonchev–Trinajstić information content (AvgIpc) is 2.26. The van der Waals surface area contributed by atoms with Gasteiger partial charge >= 0.3 is 12.0 Å². The Balaban J connectivity index is 2.34. The second kappa shape index (κ2) is 6.32. The Kier molecular flexibility index (Phi) is 5.04. The molecule has 2 amide bonds. The third-order valence-corrected chi connectivity index (χ3v) is 2.69. The number of hydrogen-bond acceptors (Lipinski definition) is 3. The van der Waals surface area contributed by atoms with Crippen molar-refractivity contribution in [1.29, 1.82) is 0 Å². The minimum absolute atomic E-state index is 0.275. The number of likely N-dealkylation sites (tertiary alicyclic amines) is 1. The zero-order valence-electron chi connectivity index (χ0n) is 9.53. The van der Waals surface area contributed by atoms with Crippen molar-refractivity contribution in [3.05, 3.63) is 0 Å². The van der Waals surface area contributed by atoms with Crippen LogP contribution in [-0.4, -0.2) is 55.2 Å². The van der Waals surface area contributed by atoms with Crippen LogP contribution >= 0.6 is 0 Å². The third-order valence-electron chi connectivity index (χ3n) is 2.69. The predicted molar refractivity (Wildman–Crippen MR) is 59.3 cm³/mol. The topological polar surface area (TPSA) is 81.7 Å². The summed E-state index contributed by atoms with van der Waals surface area (Å²) in [5.41, 5.74) is 0. The summed E-state index contributed by atoms with van der Waals surface area (Å²) in [4.78, 5) is 23.6. The number of nitrogens with one attached hydrogen (secondary N) is 2. The van der Waals surface area contributed by atoms with Crippen LogP contribution in [-0.2, 0) is 4.79 Å². The van der Waals surface area contributed by atoms with Gasteiger partial charge in [0.05, 0.1) is 0 Å². The fourth-order valence-corrected chi connectivity index (χ4v) is 1.97. The highest BCUT2D eigenvalue weighted by molar-refractivity contribution is 5.79. The Morgan fingerprint density at radius 2 is 2.25 bits per heavy atom. The lowest BCUT2D eigenvalue weighted by molar-refractivity contribution is -0.135. The van der Waals surface area contributed by atoms with E-state index in [4.69, 9.17) is 5.11 Å². The number of piperidine rings is 1. The van der Waals surface area contributed by atoms with Crippen LogP contribution in [0, 0.1) is 5.92 Å². The molecule has 1 rings (SSSR count). The Morgan fingerprint density at radius 3 is 2.88 bits per heavy atom. The van der Waals surface area contributed by atoms with Crippen molar-refractivity contribution in [2.45, 2.75) is 12.8 Å². The summed E-state index contributed by atoms with van der Waals surface area (Å²) < 4.78 is 0. The van der Waals surface area contributed by atoms with Crippen molar-refractivity contribution < 1.29 is 14.7 Å². The van der Waals surface area contributed by atoms with Crippen LogP contribution in [0.3, 0.4) is 0 Å². The Bertz CT molecular complexity index is 256. The highest BCUT2D eigenvalue weighted by Gasteiger charge is 2.23. The van der Waals surface area contributed by atoms with E-state index < -0.39 is 5.97 Å². The van der Waals surface area contributed by atoms with Crippen molar-refractivity contribution in [2.75, 3.05) is 33.2 Å². The number of nitrogens with zero attached hydrogens (tertiary/aromatic N) is 1. The lowest BCUT2D eigenvalue weighted by atomic mass is 9.98. The monoisotopic (exact) mass is 229 g/mol. The zero-order chi connectivity index (χ0) is 12.0. The van der Waals surface area contributed by atoms with Gasteiger partial charge in [0.15, 0.2) is 0 Å². The fraction of sp³-hybridized carbons (Fsp3) is 0.800. The van der Waals surface area contributed by atoms with Gasteiger partial charge in [0.25, 0.3) is 0 Å². The lowest BCUT2D eigenvalue weighted by Crippen LogP contribution is -2.48. The van der Waals surface area contributed by atoms with Gasteiger partial charge in [-0.1, -0.05) is 0 Å². The maximum Gasteiger partial charge on any atom is 0.323 e. The molecule has 0 aromatic rings. The van der Waals surface area contributed by atoms with Gasteiger partial charge in [-0.15, -0.1) is 0 Å².